The van der Waals surface area contributed by atoms with Crippen molar-refractivity contribution in [2.45, 2.75) is 10.6 Å². The molecule has 0 unspecified atom stereocenters. The lowest BCUT2D eigenvalue weighted by molar-refractivity contribution is 0.414. The summed E-state index contributed by atoms with van der Waals surface area (Å²) in [5.74, 6) is 2.45. The summed E-state index contributed by atoms with van der Waals surface area (Å²) < 4.78 is 11.3. The Labute approximate surface area is 112 Å². The highest BCUT2D eigenvalue weighted by atomic mass is 79.9. The van der Waals surface area contributed by atoms with Crippen LogP contribution in [0.15, 0.2) is 44.3 Å². The Kier molecular flexibility index (Phi) is 4.02. The summed E-state index contributed by atoms with van der Waals surface area (Å²) >= 11 is 4.90. The lowest BCUT2D eigenvalue weighted by Crippen LogP contribution is -1.90. The summed E-state index contributed by atoms with van der Waals surface area (Å²) in [6.45, 7) is 0. The maximum atomic E-state index is 5.90. The van der Waals surface area contributed by atoms with E-state index in [1.165, 1.54) is 0 Å². The Morgan fingerprint density at radius 1 is 1.35 bits per heavy atom. The number of benzene rings is 1. The van der Waals surface area contributed by atoms with Crippen LogP contribution in [0.5, 0.6) is 5.75 Å². The van der Waals surface area contributed by atoms with Gasteiger partial charge in [0.15, 0.2) is 4.67 Å². The molecule has 2 rings (SSSR count). The Morgan fingerprint density at radius 3 is 2.82 bits per heavy atom. The average molecular weight is 314 g/mol. The van der Waals surface area contributed by atoms with E-state index in [4.69, 9.17) is 14.9 Å². The van der Waals surface area contributed by atoms with Crippen LogP contribution in [0.1, 0.15) is 5.76 Å². The minimum atomic E-state index is 0.739. The molecule has 0 atom stereocenters. The molecule has 0 aliphatic heterocycles. The molecule has 0 spiro atoms. The summed E-state index contributed by atoms with van der Waals surface area (Å²) in [6.07, 6.45) is 0. The lowest BCUT2D eigenvalue weighted by atomic mass is 10.3. The van der Waals surface area contributed by atoms with Crippen LogP contribution in [0.4, 0.5) is 5.69 Å². The molecule has 0 saturated carbocycles. The molecule has 0 saturated heterocycles. The van der Waals surface area contributed by atoms with Crippen LogP contribution in [0.2, 0.25) is 0 Å². The molecule has 5 heteroatoms. The first-order valence-corrected chi connectivity index (χ1v) is 6.77. The molecule has 2 N–H and O–H groups in total. The standard InChI is InChI=1S/C12H12BrNO2S/c1-15-8-2-4-10(14)11(6-8)17-7-9-3-5-12(13)16-9/h2-6H,7,14H2,1H3. The number of rotatable bonds is 4. The van der Waals surface area contributed by atoms with E-state index < -0.39 is 0 Å². The van der Waals surface area contributed by atoms with Crippen molar-refractivity contribution < 1.29 is 9.15 Å². The molecule has 1 aromatic carbocycles. The molecule has 17 heavy (non-hydrogen) atoms. The summed E-state index contributed by atoms with van der Waals surface area (Å²) in [5.41, 5.74) is 6.65. The predicted molar refractivity (Wildman–Crippen MR) is 73.4 cm³/mol. The van der Waals surface area contributed by atoms with Crippen molar-refractivity contribution in [3.63, 3.8) is 0 Å². The zero-order valence-corrected chi connectivity index (χ0v) is 11.7. The molecule has 0 radical (unpaired) electrons. The van der Waals surface area contributed by atoms with Gasteiger partial charge in [0.2, 0.25) is 0 Å². The Balaban J connectivity index is 2.07. The van der Waals surface area contributed by atoms with Crippen molar-refractivity contribution in [1.82, 2.24) is 0 Å². The number of methoxy groups -OCH3 is 1. The number of nitrogens with two attached hydrogens (primary N) is 1. The van der Waals surface area contributed by atoms with Crippen LogP contribution in [0.3, 0.4) is 0 Å². The van der Waals surface area contributed by atoms with Gasteiger partial charge in [-0.3, -0.25) is 0 Å². The van der Waals surface area contributed by atoms with Gasteiger partial charge in [0, 0.05) is 10.6 Å². The number of hydrogen-bond acceptors (Lipinski definition) is 4. The Morgan fingerprint density at radius 2 is 2.18 bits per heavy atom. The topological polar surface area (TPSA) is 48.4 Å². The van der Waals surface area contributed by atoms with Crippen LogP contribution in [0, 0.1) is 0 Å². The van der Waals surface area contributed by atoms with E-state index in [9.17, 15) is 0 Å². The van der Waals surface area contributed by atoms with Gasteiger partial charge in [0.05, 0.1) is 12.9 Å². The van der Waals surface area contributed by atoms with Crippen LogP contribution >= 0.6 is 27.7 Å². The maximum Gasteiger partial charge on any atom is 0.169 e. The van der Waals surface area contributed by atoms with Crippen molar-refractivity contribution in [3.8, 4) is 5.75 Å². The fourth-order valence-corrected chi connectivity index (χ4v) is 2.57. The van der Waals surface area contributed by atoms with E-state index >= 15 is 0 Å². The van der Waals surface area contributed by atoms with E-state index in [2.05, 4.69) is 15.9 Å². The fourth-order valence-electron chi connectivity index (χ4n) is 1.34. The molecule has 0 aliphatic carbocycles. The third-order valence-corrected chi connectivity index (χ3v) is 3.74. The smallest absolute Gasteiger partial charge is 0.169 e. The van der Waals surface area contributed by atoms with Gasteiger partial charge in [-0.05, 0) is 46.3 Å². The summed E-state index contributed by atoms with van der Waals surface area (Å²) in [5, 5.41) is 0. The van der Waals surface area contributed by atoms with Gasteiger partial charge in [0.25, 0.3) is 0 Å². The van der Waals surface area contributed by atoms with Crippen molar-refractivity contribution in [2.24, 2.45) is 0 Å². The van der Waals surface area contributed by atoms with Crippen LogP contribution in [-0.2, 0) is 5.75 Å². The largest absolute Gasteiger partial charge is 0.497 e. The van der Waals surface area contributed by atoms with E-state index in [1.54, 1.807) is 18.9 Å². The zero-order valence-electron chi connectivity index (χ0n) is 9.27. The molecule has 0 aliphatic rings. The van der Waals surface area contributed by atoms with E-state index in [0.29, 0.717) is 0 Å². The van der Waals surface area contributed by atoms with Gasteiger partial charge >= 0.3 is 0 Å². The molecule has 2 aromatic rings. The third-order valence-electron chi connectivity index (χ3n) is 2.22. The monoisotopic (exact) mass is 313 g/mol. The summed E-state index contributed by atoms with van der Waals surface area (Å²) in [7, 11) is 1.64. The molecule has 0 amide bonds. The number of anilines is 1. The molecule has 0 bridgehead atoms. The summed E-state index contributed by atoms with van der Waals surface area (Å²) in [4.78, 5) is 0.997. The van der Waals surface area contributed by atoms with E-state index in [-0.39, 0.29) is 0 Å². The highest BCUT2D eigenvalue weighted by molar-refractivity contribution is 9.10. The summed E-state index contributed by atoms with van der Waals surface area (Å²) in [6, 6.07) is 9.44. The second-order valence-corrected chi connectivity index (χ2v) is 5.20. The van der Waals surface area contributed by atoms with Crippen LogP contribution < -0.4 is 10.5 Å². The number of nitrogen functional groups attached to an aromatic ring is 1. The lowest BCUT2D eigenvalue weighted by Gasteiger charge is -2.06. The Hall–Kier alpha value is -1.07. The minimum Gasteiger partial charge on any atom is -0.497 e. The number of thioether (sulfide) groups is 1. The number of ether oxygens (including phenoxy) is 1. The van der Waals surface area contributed by atoms with Crippen molar-refractivity contribution >= 4 is 33.4 Å². The van der Waals surface area contributed by atoms with E-state index in [1.807, 2.05) is 30.3 Å². The first-order chi connectivity index (χ1) is 8.19. The Bertz CT molecular complexity index is 513. The molecule has 0 fully saturated rings. The number of halogens is 1. The molecular formula is C12H12BrNO2S. The van der Waals surface area contributed by atoms with Gasteiger partial charge in [-0.1, -0.05) is 0 Å². The molecule has 3 nitrogen and oxygen atoms in total. The first-order valence-electron chi connectivity index (χ1n) is 4.99. The quantitative estimate of drug-likeness (QED) is 0.686. The average Bonchev–Trinajstić information content (AvgIpc) is 2.74. The predicted octanol–water partition coefficient (Wildman–Crippen LogP) is 3.93. The van der Waals surface area contributed by atoms with Crippen LogP contribution in [-0.4, -0.2) is 7.11 Å². The normalized spacial score (nSPS) is 10.5. The second-order valence-electron chi connectivity index (χ2n) is 3.40. The van der Waals surface area contributed by atoms with Gasteiger partial charge < -0.3 is 14.9 Å². The van der Waals surface area contributed by atoms with Gasteiger partial charge in [0.1, 0.15) is 11.5 Å². The first kappa shape index (κ1) is 12.4. The minimum absolute atomic E-state index is 0.739. The SMILES string of the molecule is COc1ccc(N)c(SCc2ccc(Br)o2)c1. The molecular weight excluding hydrogens is 302 g/mol. The highest BCUT2D eigenvalue weighted by Crippen LogP contribution is 2.32. The third kappa shape index (κ3) is 3.20. The molecule has 90 valence electrons. The van der Waals surface area contributed by atoms with Gasteiger partial charge in [-0.2, -0.15) is 0 Å². The number of furan rings is 1. The van der Waals surface area contributed by atoms with Crippen molar-refractivity contribution in [3.05, 3.63) is 40.8 Å². The van der Waals surface area contributed by atoms with E-state index in [0.717, 1.165) is 32.5 Å². The number of hydrogen-bond donors (Lipinski definition) is 1. The van der Waals surface area contributed by atoms with Crippen LogP contribution in [0.25, 0.3) is 0 Å². The van der Waals surface area contributed by atoms with Crippen molar-refractivity contribution in [1.29, 1.82) is 0 Å². The highest BCUT2D eigenvalue weighted by Gasteiger charge is 2.05. The van der Waals surface area contributed by atoms with Gasteiger partial charge in [-0.15, -0.1) is 11.8 Å². The molecule has 1 heterocycles. The van der Waals surface area contributed by atoms with Crippen molar-refractivity contribution in [2.75, 3.05) is 12.8 Å². The van der Waals surface area contributed by atoms with Gasteiger partial charge in [-0.25, -0.2) is 0 Å². The zero-order chi connectivity index (χ0) is 12.3. The molecule has 1 aromatic heterocycles. The second kappa shape index (κ2) is 5.51. The maximum absolute atomic E-state index is 5.90. The fraction of sp³-hybridized carbons (Fsp3) is 0.167.